The van der Waals surface area contributed by atoms with E-state index in [0.29, 0.717) is 6.42 Å². The van der Waals surface area contributed by atoms with E-state index in [1.165, 1.54) is 11.3 Å². The van der Waals surface area contributed by atoms with Crippen LogP contribution in [0.25, 0.3) is 0 Å². The predicted octanol–water partition coefficient (Wildman–Crippen LogP) is 3.10. The Balaban J connectivity index is 2.60. The monoisotopic (exact) mass is 227 g/mol. The zero-order valence-electron chi connectivity index (χ0n) is 8.32. The number of carbonyl (C=O) groups is 1. The minimum absolute atomic E-state index is 0.168. The minimum Gasteiger partial charge on any atom is -0.293 e. The van der Waals surface area contributed by atoms with E-state index in [1.807, 2.05) is 30.7 Å². The van der Waals surface area contributed by atoms with Crippen molar-refractivity contribution in [3.05, 3.63) is 22.4 Å². The molecule has 0 N–H and O–H groups in total. The molecular weight excluding hydrogens is 214 g/mol. The van der Waals surface area contributed by atoms with Gasteiger partial charge < -0.3 is 0 Å². The smallest absolute Gasteiger partial charge is 0.179 e. The van der Waals surface area contributed by atoms with Gasteiger partial charge >= 0.3 is 0 Å². The van der Waals surface area contributed by atoms with E-state index >= 15 is 0 Å². The fraction of sp³-hybridized carbons (Fsp3) is 0.400. The number of hydrogen-bond acceptors (Lipinski definition) is 4. The molecule has 0 amide bonds. The Morgan fingerprint density at radius 1 is 1.64 bits per heavy atom. The molecule has 14 heavy (non-hydrogen) atoms. The standard InChI is InChI=1S/C10H13NOS2/c1-3-11-10(13-2)7-8(12)9-5-4-6-14-9/h4-6H,3,7H2,1-2H3. The molecule has 0 saturated heterocycles. The first-order valence-electron chi connectivity index (χ1n) is 4.42. The van der Waals surface area contributed by atoms with E-state index < -0.39 is 0 Å². The predicted molar refractivity (Wildman–Crippen MR) is 64.8 cm³/mol. The summed E-state index contributed by atoms with van der Waals surface area (Å²) >= 11 is 3.04. The van der Waals surface area contributed by atoms with Crippen molar-refractivity contribution in [3.63, 3.8) is 0 Å². The molecule has 0 aromatic carbocycles. The number of hydrogen-bond donors (Lipinski definition) is 0. The van der Waals surface area contributed by atoms with Gasteiger partial charge in [-0.3, -0.25) is 9.79 Å². The van der Waals surface area contributed by atoms with Gasteiger partial charge in [0.1, 0.15) is 0 Å². The second kappa shape index (κ2) is 5.98. The third-order valence-corrected chi connectivity index (χ3v) is 3.33. The number of thiophene rings is 1. The molecule has 0 fully saturated rings. The zero-order valence-corrected chi connectivity index (χ0v) is 9.95. The lowest BCUT2D eigenvalue weighted by Gasteiger charge is -2.00. The van der Waals surface area contributed by atoms with Crippen molar-refractivity contribution < 1.29 is 4.79 Å². The summed E-state index contributed by atoms with van der Waals surface area (Å²) in [7, 11) is 0. The van der Waals surface area contributed by atoms with Gasteiger partial charge in [-0.1, -0.05) is 6.07 Å². The van der Waals surface area contributed by atoms with Gasteiger partial charge in [-0.2, -0.15) is 0 Å². The lowest BCUT2D eigenvalue weighted by Crippen LogP contribution is -2.03. The second-order valence-corrected chi connectivity index (χ2v) is 4.48. The van der Waals surface area contributed by atoms with Crippen LogP contribution in [0.15, 0.2) is 22.5 Å². The normalized spacial score (nSPS) is 11.7. The third kappa shape index (κ3) is 3.27. The van der Waals surface area contributed by atoms with Gasteiger partial charge in [0.05, 0.1) is 16.3 Å². The van der Waals surface area contributed by atoms with Gasteiger partial charge in [-0.15, -0.1) is 23.1 Å². The van der Waals surface area contributed by atoms with Crippen LogP contribution in [0.2, 0.25) is 0 Å². The Labute approximate surface area is 92.4 Å². The maximum Gasteiger partial charge on any atom is 0.179 e. The number of ketones is 1. The molecule has 0 aliphatic carbocycles. The van der Waals surface area contributed by atoms with Crippen molar-refractivity contribution in [2.75, 3.05) is 12.8 Å². The fourth-order valence-corrected chi connectivity index (χ4v) is 2.23. The topological polar surface area (TPSA) is 29.4 Å². The van der Waals surface area contributed by atoms with Crippen LogP contribution in [0.4, 0.5) is 0 Å². The van der Waals surface area contributed by atoms with E-state index in [1.54, 1.807) is 11.8 Å². The maximum atomic E-state index is 11.7. The van der Waals surface area contributed by atoms with Crippen LogP contribution in [0.5, 0.6) is 0 Å². The summed E-state index contributed by atoms with van der Waals surface area (Å²) in [6, 6.07) is 3.75. The molecule has 0 radical (unpaired) electrons. The molecule has 1 aromatic heterocycles. The van der Waals surface area contributed by atoms with Crippen LogP contribution in [0, 0.1) is 0 Å². The average Bonchev–Trinajstić information content (AvgIpc) is 2.69. The molecule has 2 nitrogen and oxygen atoms in total. The molecule has 0 atom stereocenters. The van der Waals surface area contributed by atoms with Gasteiger partial charge in [-0.05, 0) is 24.6 Å². The Morgan fingerprint density at radius 3 is 2.93 bits per heavy atom. The van der Waals surface area contributed by atoms with Crippen molar-refractivity contribution in [2.45, 2.75) is 13.3 Å². The molecule has 0 aliphatic rings. The van der Waals surface area contributed by atoms with Crippen LogP contribution >= 0.6 is 23.1 Å². The van der Waals surface area contributed by atoms with E-state index in [-0.39, 0.29) is 5.78 Å². The molecule has 4 heteroatoms. The molecule has 0 unspecified atom stereocenters. The number of carbonyl (C=O) groups excluding carboxylic acids is 1. The van der Waals surface area contributed by atoms with Gasteiger partial charge in [0.2, 0.25) is 0 Å². The molecule has 0 bridgehead atoms. The van der Waals surface area contributed by atoms with Crippen LogP contribution < -0.4 is 0 Å². The largest absolute Gasteiger partial charge is 0.293 e. The highest BCUT2D eigenvalue weighted by molar-refractivity contribution is 8.13. The van der Waals surface area contributed by atoms with Crippen LogP contribution in [0.1, 0.15) is 23.0 Å². The fourth-order valence-electron chi connectivity index (χ4n) is 1.03. The van der Waals surface area contributed by atoms with Crippen molar-refractivity contribution in [1.29, 1.82) is 0 Å². The number of nitrogens with zero attached hydrogens (tertiary/aromatic N) is 1. The van der Waals surface area contributed by atoms with E-state index in [9.17, 15) is 4.79 Å². The summed E-state index contributed by atoms with van der Waals surface area (Å²) in [6.45, 7) is 2.72. The lowest BCUT2D eigenvalue weighted by molar-refractivity contribution is 0.100. The Bertz CT molecular complexity index is 317. The molecule has 0 spiro atoms. The minimum atomic E-state index is 0.168. The highest BCUT2D eigenvalue weighted by Crippen LogP contribution is 2.14. The Kier molecular flexibility index (Phi) is 4.90. The molecule has 1 aromatic rings. The van der Waals surface area contributed by atoms with Crippen molar-refractivity contribution >= 4 is 33.9 Å². The number of Topliss-reactive ketones (excluding diaryl/α,β-unsaturated/α-hetero) is 1. The van der Waals surface area contributed by atoms with E-state index in [0.717, 1.165) is 16.5 Å². The van der Waals surface area contributed by atoms with Crippen LogP contribution in [-0.2, 0) is 0 Å². The quantitative estimate of drug-likeness (QED) is 0.449. The first-order valence-corrected chi connectivity index (χ1v) is 6.52. The van der Waals surface area contributed by atoms with Gasteiger partial charge in [0.15, 0.2) is 5.78 Å². The summed E-state index contributed by atoms with van der Waals surface area (Å²) in [5.41, 5.74) is 0. The number of aliphatic imine (C=N–C) groups is 1. The molecule has 0 saturated carbocycles. The third-order valence-electron chi connectivity index (χ3n) is 1.68. The summed E-state index contributed by atoms with van der Waals surface area (Å²) in [5.74, 6) is 0.168. The van der Waals surface area contributed by atoms with Crippen molar-refractivity contribution in [1.82, 2.24) is 0 Å². The summed E-state index contributed by atoms with van der Waals surface area (Å²) < 4.78 is 0. The van der Waals surface area contributed by atoms with Crippen LogP contribution in [0.3, 0.4) is 0 Å². The van der Waals surface area contributed by atoms with Crippen molar-refractivity contribution in [3.8, 4) is 0 Å². The maximum absolute atomic E-state index is 11.7. The highest BCUT2D eigenvalue weighted by Gasteiger charge is 2.09. The molecule has 0 aliphatic heterocycles. The second-order valence-electron chi connectivity index (χ2n) is 2.65. The highest BCUT2D eigenvalue weighted by atomic mass is 32.2. The number of rotatable bonds is 4. The van der Waals surface area contributed by atoms with Gasteiger partial charge in [-0.25, -0.2) is 0 Å². The Morgan fingerprint density at radius 2 is 2.43 bits per heavy atom. The van der Waals surface area contributed by atoms with Gasteiger partial charge in [0.25, 0.3) is 0 Å². The van der Waals surface area contributed by atoms with E-state index in [4.69, 9.17) is 0 Å². The molecular formula is C10H13NOS2. The molecule has 76 valence electrons. The SMILES string of the molecule is CCN=C(CC(=O)c1cccs1)SC. The molecule has 1 heterocycles. The first kappa shape index (κ1) is 11.5. The van der Waals surface area contributed by atoms with Crippen LogP contribution in [-0.4, -0.2) is 23.6 Å². The zero-order chi connectivity index (χ0) is 10.4. The average molecular weight is 227 g/mol. The van der Waals surface area contributed by atoms with Crippen molar-refractivity contribution in [2.24, 2.45) is 4.99 Å². The number of thioether (sulfide) groups is 1. The summed E-state index contributed by atoms with van der Waals surface area (Å²) in [4.78, 5) is 16.7. The summed E-state index contributed by atoms with van der Waals surface area (Å²) in [5, 5.41) is 2.84. The molecule has 1 rings (SSSR count). The lowest BCUT2D eigenvalue weighted by atomic mass is 10.2. The van der Waals surface area contributed by atoms with Gasteiger partial charge in [0, 0.05) is 6.54 Å². The first-order chi connectivity index (χ1) is 6.77. The Hall–Kier alpha value is -0.610. The summed E-state index contributed by atoms with van der Waals surface area (Å²) in [6.07, 6.45) is 2.39. The van der Waals surface area contributed by atoms with E-state index in [2.05, 4.69) is 4.99 Å².